The first-order valence-corrected chi connectivity index (χ1v) is 5.38. The molecule has 14 heavy (non-hydrogen) atoms. The second-order valence-corrected chi connectivity index (χ2v) is 2.69. The van der Waals surface area contributed by atoms with Gasteiger partial charge < -0.3 is 10.0 Å². The molecule has 0 aromatic rings. The third kappa shape index (κ3) is 8.08. The maximum absolute atomic E-state index is 10.4. The van der Waals surface area contributed by atoms with Crippen molar-refractivity contribution in [2.75, 3.05) is 26.0 Å². The summed E-state index contributed by atoms with van der Waals surface area (Å²) in [4.78, 5) is 12.5. The van der Waals surface area contributed by atoms with Crippen LogP contribution in [0.1, 0.15) is 20.3 Å². The molecule has 0 aromatic heterocycles. The zero-order valence-electron chi connectivity index (χ0n) is 9.22. The Morgan fingerprint density at radius 2 is 1.79 bits per heavy atom. The predicted octanol–water partition coefficient (Wildman–Crippen LogP) is 2.21. The van der Waals surface area contributed by atoms with Gasteiger partial charge in [-0.05, 0) is 19.5 Å². The average Bonchev–Trinajstić information content (AvgIpc) is 2.22. The van der Waals surface area contributed by atoms with Crippen LogP contribution in [0.2, 0.25) is 0 Å². The molecule has 84 valence electrons. The van der Waals surface area contributed by atoms with Crippen LogP contribution in [0.4, 0.5) is 0 Å². The van der Waals surface area contributed by atoms with Crippen LogP contribution in [0.15, 0.2) is 12.2 Å². The Hall–Kier alpha value is -0.540. The van der Waals surface area contributed by atoms with Crippen molar-refractivity contribution in [3.63, 3.8) is 0 Å². The molecule has 0 aliphatic rings. The fraction of sp³-hybridized carbons (Fsp3) is 0.700. The molecule has 0 spiro atoms. The fourth-order valence-electron chi connectivity index (χ4n) is 0.940. The summed E-state index contributed by atoms with van der Waals surface area (Å²) >= 11 is 4.64. The van der Waals surface area contributed by atoms with Gasteiger partial charge in [-0.15, -0.1) is 11.6 Å². The standard InChI is InChI=1S/C9H17NO2.CH3Cl/c1-4-10(5-2)7-6-8(3)9(11)12;1-2/h3-7H2,1-2H3,(H,11,12);1H3. The van der Waals surface area contributed by atoms with Crippen molar-refractivity contribution >= 4 is 17.6 Å². The van der Waals surface area contributed by atoms with Gasteiger partial charge in [0.2, 0.25) is 0 Å². The molecular weight excluding hydrogens is 202 g/mol. The van der Waals surface area contributed by atoms with E-state index in [9.17, 15) is 4.79 Å². The molecule has 4 heteroatoms. The maximum Gasteiger partial charge on any atom is 0.331 e. The van der Waals surface area contributed by atoms with E-state index >= 15 is 0 Å². The summed E-state index contributed by atoms with van der Waals surface area (Å²) in [6, 6.07) is 0. The maximum atomic E-state index is 10.4. The largest absolute Gasteiger partial charge is 0.478 e. The number of hydrogen-bond acceptors (Lipinski definition) is 2. The number of carboxylic acid groups (broad SMARTS) is 1. The van der Waals surface area contributed by atoms with Gasteiger partial charge in [-0.25, -0.2) is 4.79 Å². The van der Waals surface area contributed by atoms with Gasteiger partial charge in [-0.2, -0.15) is 0 Å². The van der Waals surface area contributed by atoms with E-state index in [0.29, 0.717) is 12.0 Å². The first-order valence-electron chi connectivity index (χ1n) is 4.63. The van der Waals surface area contributed by atoms with Crippen molar-refractivity contribution in [2.24, 2.45) is 0 Å². The van der Waals surface area contributed by atoms with E-state index in [1.807, 2.05) is 0 Å². The van der Waals surface area contributed by atoms with Gasteiger partial charge in [0, 0.05) is 18.5 Å². The van der Waals surface area contributed by atoms with Gasteiger partial charge in [-0.1, -0.05) is 20.4 Å². The second kappa shape index (κ2) is 10.5. The van der Waals surface area contributed by atoms with Crippen LogP contribution in [-0.2, 0) is 4.79 Å². The average molecular weight is 222 g/mol. The number of halogens is 1. The number of alkyl halides is 1. The molecule has 0 heterocycles. The Kier molecular flexibility index (Phi) is 12.0. The van der Waals surface area contributed by atoms with Crippen LogP contribution in [0.25, 0.3) is 0 Å². The molecule has 1 N–H and O–H groups in total. The van der Waals surface area contributed by atoms with Crippen molar-refractivity contribution in [3.05, 3.63) is 12.2 Å². The summed E-state index contributed by atoms with van der Waals surface area (Å²) in [6.45, 7) is 10.3. The Balaban J connectivity index is 0. The minimum atomic E-state index is -0.887. The first kappa shape index (κ1) is 15.9. The zero-order valence-corrected chi connectivity index (χ0v) is 9.97. The SMILES string of the molecule is C=C(CCN(CC)CC)C(=O)O.CCl. The van der Waals surface area contributed by atoms with E-state index in [4.69, 9.17) is 5.11 Å². The second-order valence-electron chi connectivity index (χ2n) is 2.69. The van der Waals surface area contributed by atoms with Crippen LogP contribution >= 0.6 is 11.6 Å². The lowest BCUT2D eigenvalue weighted by atomic mass is 10.2. The van der Waals surface area contributed by atoms with Gasteiger partial charge in [0.15, 0.2) is 0 Å². The van der Waals surface area contributed by atoms with E-state index in [-0.39, 0.29) is 0 Å². The van der Waals surface area contributed by atoms with Crippen LogP contribution in [-0.4, -0.2) is 42.0 Å². The van der Waals surface area contributed by atoms with E-state index in [0.717, 1.165) is 19.6 Å². The minimum Gasteiger partial charge on any atom is -0.478 e. The van der Waals surface area contributed by atoms with E-state index in [2.05, 4.69) is 36.9 Å². The summed E-state index contributed by atoms with van der Waals surface area (Å²) < 4.78 is 0. The number of hydrogen-bond donors (Lipinski definition) is 1. The minimum absolute atomic E-state index is 0.293. The molecule has 0 amide bonds. The molecule has 0 fully saturated rings. The van der Waals surface area contributed by atoms with Crippen molar-refractivity contribution < 1.29 is 9.90 Å². The van der Waals surface area contributed by atoms with Crippen LogP contribution in [0.5, 0.6) is 0 Å². The van der Waals surface area contributed by atoms with Crippen LogP contribution < -0.4 is 0 Å². The third-order valence-electron chi connectivity index (χ3n) is 1.93. The molecule has 0 radical (unpaired) electrons. The van der Waals surface area contributed by atoms with Crippen LogP contribution in [0.3, 0.4) is 0 Å². The Bertz CT molecular complexity index is 168. The highest BCUT2D eigenvalue weighted by Gasteiger charge is 2.05. The van der Waals surface area contributed by atoms with Crippen molar-refractivity contribution in [3.8, 4) is 0 Å². The van der Waals surface area contributed by atoms with Crippen molar-refractivity contribution in [2.45, 2.75) is 20.3 Å². The molecule has 0 saturated carbocycles. The number of nitrogens with zero attached hydrogens (tertiary/aromatic N) is 1. The van der Waals surface area contributed by atoms with E-state index < -0.39 is 5.97 Å². The molecule has 0 aromatic carbocycles. The lowest BCUT2D eigenvalue weighted by molar-refractivity contribution is -0.132. The Labute approximate surface area is 91.4 Å². The summed E-state index contributed by atoms with van der Waals surface area (Å²) in [5.41, 5.74) is 0.293. The summed E-state index contributed by atoms with van der Waals surface area (Å²) in [5.74, 6) is -0.887. The van der Waals surface area contributed by atoms with Gasteiger partial charge in [0.1, 0.15) is 0 Å². The van der Waals surface area contributed by atoms with Crippen LogP contribution in [0, 0.1) is 0 Å². The molecular formula is C10H20ClNO2. The first-order chi connectivity index (χ1) is 6.61. The summed E-state index contributed by atoms with van der Waals surface area (Å²) in [7, 11) is 0. The smallest absolute Gasteiger partial charge is 0.331 e. The zero-order chi connectivity index (χ0) is 11.6. The predicted molar refractivity (Wildman–Crippen MR) is 61.0 cm³/mol. The highest BCUT2D eigenvalue weighted by Crippen LogP contribution is 2.00. The monoisotopic (exact) mass is 221 g/mol. The number of rotatable bonds is 6. The van der Waals surface area contributed by atoms with Gasteiger partial charge >= 0.3 is 5.97 Å². The number of carboxylic acids is 1. The molecule has 0 aliphatic carbocycles. The van der Waals surface area contributed by atoms with Gasteiger partial charge in [0.25, 0.3) is 0 Å². The molecule has 0 bridgehead atoms. The lowest BCUT2D eigenvalue weighted by Crippen LogP contribution is -2.24. The van der Waals surface area contributed by atoms with Crippen molar-refractivity contribution in [1.82, 2.24) is 4.90 Å². The topological polar surface area (TPSA) is 40.5 Å². The Morgan fingerprint density at radius 3 is 2.07 bits per heavy atom. The van der Waals surface area contributed by atoms with E-state index in [1.165, 1.54) is 6.38 Å². The molecule has 0 rings (SSSR count). The van der Waals surface area contributed by atoms with Crippen molar-refractivity contribution in [1.29, 1.82) is 0 Å². The highest BCUT2D eigenvalue weighted by atomic mass is 35.5. The molecule has 0 atom stereocenters. The molecule has 0 aliphatic heterocycles. The Morgan fingerprint density at radius 1 is 1.36 bits per heavy atom. The quantitative estimate of drug-likeness (QED) is 0.552. The van der Waals surface area contributed by atoms with Gasteiger partial charge in [0.05, 0.1) is 0 Å². The summed E-state index contributed by atoms with van der Waals surface area (Å²) in [5, 5.41) is 8.52. The highest BCUT2D eigenvalue weighted by molar-refractivity contribution is 6.15. The summed E-state index contributed by atoms with van der Waals surface area (Å²) in [6.07, 6.45) is 2.02. The lowest BCUT2D eigenvalue weighted by Gasteiger charge is -2.17. The fourth-order valence-corrected chi connectivity index (χ4v) is 0.940. The number of carbonyl (C=O) groups is 1. The normalized spacial score (nSPS) is 9.21. The molecule has 0 unspecified atom stereocenters. The number of aliphatic carboxylic acids is 1. The molecule has 3 nitrogen and oxygen atoms in total. The van der Waals surface area contributed by atoms with Gasteiger partial charge in [-0.3, -0.25) is 0 Å². The third-order valence-corrected chi connectivity index (χ3v) is 1.93. The molecule has 0 saturated heterocycles. The van der Waals surface area contributed by atoms with E-state index in [1.54, 1.807) is 0 Å².